The minimum absolute atomic E-state index is 0.375. The van der Waals surface area contributed by atoms with Gasteiger partial charge in [0.05, 0.1) is 12.7 Å². The van der Waals surface area contributed by atoms with E-state index in [-0.39, 0.29) is 0 Å². The van der Waals surface area contributed by atoms with Crippen molar-refractivity contribution in [1.29, 1.82) is 0 Å². The maximum atomic E-state index is 9.60. The van der Waals surface area contributed by atoms with Crippen molar-refractivity contribution >= 4 is 17.0 Å². The van der Waals surface area contributed by atoms with Gasteiger partial charge in [-0.15, -0.1) is 0 Å². The number of fused-ring (bicyclic) bond motifs is 1. The summed E-state index contributed by atoms with van der Waals surface area (Å²) in [4.78, 5) is 19.1. The van der Waals surface area contributed by atoms with Crippen LogP contribution in [0.4, 0.5) is 0 Å². The van der Waals surface area contributed by atoms with Gasteiger partial charge in [-0.1, -0.05) is 0 Å². The number of amidine groups is 1. The van der Waals surface area contributed by atoms with Gasteiger partial charge in [0.1, 0.15) is 11.8 Å². The van der Waals surface area contributed by atoms with Crippen LogP contribution < -0.4 is 0 Å². The molecule has 0 saturated carbocycles. The van der Waals surface area contributed by atoms with Crippen molar-refractivity contribution < 1.29 is 5.21 Å². The minimum atomic E-state index is 0.375. The largest absolute Gasteiger partial charge is 0.333 e. The first-order chi connectivity index (χ1) is 7.84. The van der Waals surface area contributed by atoms with E-state index in [4.69, 9.17) is 0 Å². The van der Waals surface area contributed by atoms with Gasteiger partial charge in [-0.3, -0.25) is 5.21 Å². The van der Waals surface area contributed by atoms with Crippen LogP contribution in [-0.2, 0) is 0 Å². The fourth-order valence-corrected chi connectivity index (χ4v) is 1.47. The van der Waals surface area contributed by atoms with E-state index in [9.17, 15) is 5.21 Å². The zero-order chi connectivity index (χ0) is 11.0. The molecule has 1 aliphatic rings. The molecule has 0 saturated heterocycles. The van der Waals surface area contributed by atoms with Gasteiger partial charge < -0.3 is 4.98 Å². The fourth-order valence-electron chi connectivity index (χ4n) is 1.47. The molecule has 2 aromatic heterocycles. The first kappa shape index (κ1) is 8.98. The molecule has 0 fully saturated rings. The summed E-state index contributed by atoms with van der Waals surface area (Å²) in [5.74, 6) is 0.850. The molecular weight excluding hydrogens is 208 g/mol. The third-order valence-corrected chi connectivity index (χ3v) is 2.20. The summed E-state index contributed by atoms with van der Waals surface area (Å²) in [6, 6.07) is 0. The Hall–Kier alpha value is -2.28. The van der Waals surface area contributed by atoms with Gasteiger partial charge >= 0.3 is 0 Å². The Balaban J connectivity index is 2.12. The molecule has 0 atom stereocenters. The SMILES string of the molecule is ON1CC=CN=C1c1nc2ncncc2[nH]1. The van der Waals surface area contributed by atoms with Crippen molar-refractivity contribution in [3.8, 4) is 0 Å². The lowest BCUT2D eigenvalue weighted by Gasteiger charge is -2.17. The number of nitrogens with one attached hydrogen (secondary N) is 1. The summed E-state index contributed by atoms with van der Waals surface area (Å²) in [6.45, 7) is 0.390. The van der Waals surface area contributed by atoms with Crippen LogP contribution in [0.2, 0.25) is 0 Å². The zero-order valence-electron chi connectivity index (χ0n) is 8.20. The third-order valence-electron chi connectivity index (χ3n) is 2.20. The van der Waals surface area contributed by atoms with Crippen molar-refractivity contribution in [2.24, 2.45) is 4.99 Å². The number of hydrogen-bond acceptors (Lipinski definition) is 6. The Morgan fingerprint density at radius 2 is 2.38 bits per heavy atom. The molecule has 3 rings (SSSR count). The maximum Gasteiger partial charge on any atom is 0.196 e. The lowest BCUT2D eigenvalue weighted by molar-refractivity contribution is -0.00383. The van der Waals surface area contributed by atoms with Crippen molar-refractivity contribution in [3.05, 3.63) is 30.6 Å². The Kier molecular flexibility index (Phi) is 1.90. The number of rotatable bonds is 1. The highest BCUT2D eigenvalue weighted by Gasteiger charge is 2.16. The van der Waals surface area contributed by atoms with Crippen LogP contribution in [0.15, 0.2) is 29.8 Å². The predicted molar refractivity (Wildman–Crippen MR) is 55.9 cm³/mol. The van der Waals surface area contributed by atoms with Crippen molar-refractivity contribution in [2.45, 2.75) is 0 Å². The molecule has 0 radical (unpaired) electrons. The van der Waals surface area contributed by atoms with Crippen molar-refractivity contribution in [2.75, 3.05) is 6.54 Å². The molecule has 2 aromatic rings. The summed E-state index contributed by atoms with van der Waals surface area (Å²) < 4.78 is 0. The quantitative estimate of drug-likeness (QED) is 0.716. The van der Waals surface area contributed by atoms with Crippen molar-refractivity contribution in [1.82, 2.24) is 25.0 Å². The smallest absolute Gasteiger partial charge is 0.196 e. The number of imidazole rings is 1. The number of hydrogen-bond donors (Lipinski definition) is 2. The van der Waals surface area contributed by atoms with Crippen LogP contribution in [0.25, 0.3) is 11.2 Å². The minimum Gasteiger partial charge on any atom is -0.333 e. The molecule has 0 unspecified atom stereocenters. The lowest BCUT2D eigenvalue weighted by atomic mass is 10.4. The van der Waals surface area contributed by atoms with Gasteiger partial charge in [0.2, 0.25) is 0 Å². The molecule has 2 N–H and O–H groups in total. The highest BCUT2D eigenvalue weighted by molar-refractivity contribution is 5.97. The molecule has 0 aromatic carbocycles. The monoisotopic (exact) mass is 216 g/mol. The van der Waals surface area contributed by atoms with E-state index in [1.807, 2.05) is 0 Å². The van der Waals surface area contributed by atoms with Gasteiger partial charge in [0.15, 0.2) is 17.3 Å². The fraction of sp³-hybridized carbons (Fsp3) is 0.111. The standard InChI is InChI=1S/C9H8N6O/c16-15-3-1-2-11-9(15)8-13-6-4-10-5-12-7(6)14-8/h1-2,4-5,16H,3H2,(H,10,12,13,14). The maximum absolute atomic E-state index is 9.60. The molecule has 3 heterocycles. The molecule has 1 aliphatic heterocycles. The lowest BCUT2D eigenvalue weighted by Crippen LogP contribution is -2.30. The van der Waals surface area contributed by atoms with E-state index in [0.29, 0.717) is 29.4 Å². The molecule has 16 heavy (non-hydrogen) atoms. The highest BCUT2D eigenvalue weighted by Crippen LogP contribution is 2.10. The molecule has 7 nitrogen and oxygen atoms in total. The van der Waals surface area contributed by atoms with Crippen LogP contribution in [0.5, 0.6) is 0 Å². The molecule has 0 spiro atoms. The Bertz CT molecular complexity index is 553. The zero-order valence-corrected chi connectivity index (χ0v) is 8.20. The second-order valence-corrected chi connectivity index (χ2v) is 3.27. The van der Waals surface area contributed by atoms with E-state index in [2.05, 4.69) is 24.9 Å². The van der Waals surface area contributed by atoms with Crippen LogP contribution in [0.3, 0.4) is 0 Å². The molecule has 0 bridgehead atoms. The Morgan fingerprint density at radius 1 is 1.44 bits per heavy atom. The summed E-state index contributed by atoms with van der Waals surface area (Å²) in [7, 11) is 0. The number of H-pyrrole nitrogens is 1. The van der Waals surface area contributed by atoms with Gasteiger partial charge in [0.25, 0.3) is 0 Å². The Labute approximate surface area is 90.1 Å². The first-order valence-electron chi connectivity index (χ1n) is 4.70. The van der Waals surface area contributed by atoms with Crippen LogP contribution >= 0.6 is 0 Å². The summed E-state index contributed by atoms with van der Waals surface area (Å²) in [6.07, 6.45) is 6.42. The average molecular weight is 216 g/mol. The van der Waals surface area contributed by atoms with Crippen LogP contribution in [0.1, 0.15) is 5.82 Å². The average Bonchev–Trinajstić information content (AvgIpc) is 2.73. The number of nitrogens with zero attached hydrogens (tertiary/aromatic N) is 5. The predicted octanol–water partition coefficient (Wildman–Crippen LogP) is 0.318. The second kappa shape index (κ2) is 3.38. The van der Waals surface area contributed by atoms with Gasteiger partial charge in [0, 0.05) is 6.20 Å². The van der Waals surface area contributed by atoms with Crippen LogP contribution in [-0.4, -0.2) is 42.6 Å². The van der Waals surface area contributed by atoms with E-state index in [1.54, 1.807) is 18.5 Å². The summed E-state index contributed by atoms with van der Waals surface area (Å²) in [5.41, 5.74) is 1.26. The van der Waals surface area contributed by atoms with Crippen molar-refractivity contribution in [3.63, 3.8) is 0 Å². The normalized spacial score (nSPS) is 15.6. The van der Waals surface area contributed by atoms with E-state index in [1.165, 1.54) is 6.33 Å². The van der Waals surface area contributed by atoms with Gasteiger partial charge in [-0.05, 0) is 6.08 Å². The topological polar surface area (TPSA) is 90.3 Å². The van der Waals surface area contributed by atoms with E-state index in [0.717, 1.165) is 5.06 Å². The molecule has 7 heteroatoms. The molecular formula is C9H8N6O. The third kappa shape index (κ3) is 1.34. The van der Waals surface area contributed by atoms with Gasteiger partial charge in [-0.25, -0.2) is 25.0 Å². The summed E-state index contributed by atoms with van der Waals surface area (Å²) >= 11 is 0. The molecule has 0 amide bonds. The number of aliphatic imine (C=N–C) groups is 1. The highest BCUT2D eigenvalue weighted by atomic mass is 16.5. The molecule has 80 valence electrons. The van der Waals surface area contributed by atoms with Crippen LogP contribution in [0, 0.1) is 0 Å². The second-order valence-electron chi connectivity index (χ2n) is 3.27. The van der Waals surface area contributed by atoms with E-state index < -0.39 is 0 Å². The first-order valence-corrected chi connectivity index (χ1v) is 4.70. The Morgan fingerprint density at radius 3 is 3.19 bits per heavy atom. The summed E-state index contributed by atoms with van der Waals surface area (Å²) in [5, 5.41) is 10.6. The number of aromatic nitrogens is 4. The number of hydroxylamine groups is 2. The molecule has 0 aliphatic carbocycles. The van der Waals surface area contributed by atoms with E-state index >= 15 is 0 Å². The van der Waals surface area contributed by atoms with Gasteiger partial charge in [-0.2, -0.15) is 0 Å². The number of aromatic amines is 1.